The van der Waals surface area contributed by atoms with Crippen LogP contribution in [-0.2, 0) is 20.9 Å². The molecule has 0 bridgehead atoms. The summed E-state index contributed by atoms with van der Waals surface area (Å²) in [5, 5.41) is 0. The molecule has 0 aliphatic heterocycles. The Kier molecular flexibility index (Phi) is 8.09. The van der Waals surface area contributed by atoms with Gasteiger partial charge in [0.1, 0.15) is 11.5 Å². The van der Waals surface area contributed by atoms with Crippen molar-refractivity contribution in [2.75, 3.05) is 27.4 Å². The number of likely N-dealkylation sites (N-methyl/N-ethyl adjacent to an activating group) is 1. The topological polar surface area (TPSA) is 65.1 Å². The fourth-order valence-corrected chi connectivity index (χ4v) is 2.47. The predicted octanol–water partition coefficient (Wildman–Crippen LogP) is 3.31. The minimum atomic E-state index is -0.576. The number of nitrogens with zero attached hydrogens (tertiary/aromatic N) is 1. The third-order valence-electron chi connectivity index (χ3n) is 3.97. The lowest BCUT2D eigenvalue weighted by Gasteiger charge is -2.18. The van der Waals surface area contributed by atoms with Crippen LogP contribution in [0.5, 0.6) is 11.5 Å². The van der Waals surface area contributed by atoms with Crippen molar-refractivity contribution in [3.8, 4) is 11.5 Å². The molecule has 28 heavy (non-hydrogen) atoms. The van der Waals surface area contributed by atoms with Gasteiger partial charge in [-0.15, -0.1) is 0 Å². The molecule has 1 amide bonds. The highest BCUT2D eigenvalue weighted by atomic mass is 16.5. The van der Waals surface area contributed by atoms with Gasteiger partial charge in [-0.25, -0.2) is 4.79 Å². The summed E-state index contributed by atoms with van der Waals surface area (Å²) in [5.74, 6) is 0.602. The van der Waals surface area contributed by atoms with E-state index in [9.17, 15) is 9.59 Å². The maximum atomic E-state index is 12.2. The Bertz CT molecular complexity index is 814. The summed E-state index contributed by atoms with van der Waals surface area (Å²) in [6.45, 7) is 2.56. The molecular formula is C22H25NO5. The van der Waals surface area contributed by atoms with Crippen molar-refractivity contribution in [2.45, 2.75) is 13.5 Å². The van der Waals surface area contributed by atoms with Gasteiger partial charge in [0.25, 0.3) is 5.91 Å². The lowest BCUT2D eigenvalue weighted by atomic mass is 10.2. The molecule has 148 valence electrons. The van der Waals surface area contributed by atoms with Crippen LogP contribution in [0.15, 0.2) is 54.6 Å². The molecule has 0 aliphatic rings. The largest absolute Gasteiger partial charge is 0.496 e. The number of hydrogen-bond acceptors (Lipinski definition) is 5. The smallest absolute Gasteiger partial charge is 0.331 e. The van der Waals surface area contributed by atoms with Crippen molar-refractivity contribution in [3.05, 3.63) is 65.7 Å². The molecule has 6 nitrogen and oxygen atoms in total. The quantitative estimate of drug-likeness (QED) is 0.491. The van der Waals surface area contributed by atoms with Crippen LogP contribution in [0.3, 0.4) is 0 Å². The van der Waals surface area contributed by atoms with Crippen molar-refractivity contribution < 1.29 is 23.8 Å². The van der Waals surface area contributed by atoms with Crippen LogP contribution in [0.25, 0.3) is 6.08 Å². The summed E-state index contributed by atoms with van der Waals surface area (Å²) >= 11 is 0. The Hall–Kier alpha value is -3.28. The van der Waals surface area contributed by atoms with E-state index in [-0.39, 0.29) is 12.5 Å². The zero-order valence-corrected chi connectivity index (χ0v) is 16.4. The van der Waals surface area contributed by atoms with Gasteiger partial charge < -0.3 is 19.1 Å². The molecule has 6 heteroatoms. The zero-order valence-electron chi connectivity index (χ0n) is 16.4. The SMILES string of the molecule is CCOc1ccc(/C=C/C(=O)OCC(=O)N(C)Cc2ccccc2OC)cc1. The van der Waals surface area contributed by atoms with Gasteiger partial charge in [0.2, 0.25) is 0 Å². The number of hydrogen-bond donors (Lipinski definition) is 0. The van der Waals surface area contributed by atoms with Crippen molar-refractivity contribution >= 4 is 18.0 Å². The van der Waals surface area contributed by atoms with E-state index in [4.69, 9.17) is 14.2 Å². The zero-order chi connectivity index (χ0) is 20.4. The fraction of sp³-hybridized carbons (Fsp3) is 0.273. The van der Waals surface area contributed by atoms with E-state index in [1.54, 1.807) is 20.2 Å². The number of ether oxygens (including phenoxy) is 3. The highest BCUT2D eigenvalue weighted by Gasteiger charge is 2.13. The molecule has 0 saturated carbocycles. The molecule has 2 aromatic carbocycles. The molecule has 0 unspecified atom stereocenters. The van der Waals surface area contributed by atoms with Crippen molar-refractivity contribution in [3.63, 3.8) is 0 Å². The summed E-state index contributed by atoms with van der Waals surface area (Å²) in [7, 11) is 3.23. The predicted molar refractivity (Wildman–Crippen MR) is 107 cm³/mol. The first-order valence-corrected chi connectivity index (χ1v) is 8.97. The molecule has 0 fully saturated rings. The Labute approximate surface area is 165 Å². The maximum absolute atomic E-state index is 12.2. The van der Waals surface area contributed by atoms with E-state index in [1.165, 1.54) is 11.0 Å². The Morgan fingerprint density at radius 2 is 1.79 bits per heavy atom. The van der Waals surface area contributed by atoms with Crippen LogP contribution >= 0.6 is 0 Å². The minimum Gasteiger partial charge on any atom is -0.496 e. The number of methoxy groups -OCH3 is 1. The van der Waals surface area contributed by atoms with E-state index in [2.05, 4.69) is 0 Å². The Morgan fingerprint density at radius 3 is 2.46 bits per heavy atom. The molecule has 0 atom stereocenters. The Balaban J connectivity index is 1.81. The molecule has 0 spiro atoms. The van der Waals surface area contributed by atoms with Crippen LogP contribution in [0.2, 0.25) is 0 Å². The highest BCUT2D eigenvalue weighted by molar-refractivity contribution is 5.89. The third-order valence-corrected chi connectivity index (χ3v) is 3.97. The standard InChI is InChI=1S/C22H25NO5/c1-4-27-19-12-9-17(10-13-19)11-14-22(25)28-16-21(24)23(2)15-18-7-5-6-8-20(18)26-3/h5-14H,4,15-16H2,1-3H3/b14-11+. The summed E-state index contributed by atoms with van der Waals surface area (Å²) in [6, 6.07) is 14.8. The highest BCUT2D eigenvalue weighted by Crippen LogP contribution is 2.18. The van der Waals surface area contributed by atoms with Crippen molar-refractivity contribution in [2.24, 2.45) is 0 Å². The normalized spacial score (nSPS) is 10.5. The molecule has 0 aliphatic carbocycles. The van der Waals surface area contributed by atoms with Crippen LogP contribution in [0.1, 0.15) is 18.1 Å². The molecule has 0 N–H and O–H groups in total. The first-order chi connectivity index (χ1) is 13.5. The summed E-state index contributed by atoms with van der Waals surface area (Å²) < 4.78 is 15.7. The van der Waals surface area contributed by atoms with Gasteiger partial charge in [-0.2, -0.15) is 0 Å². The van der Waals surface area contributed by atoms with Crippen molar-refractivity contribution in [1.29, 1.82) is 0 Å². The first-order valence-electron chi connectivity index (χ1n) is 8.97. The number of rotatable bonds is 9. The first kappa shape index (κ1) is 21.0. The number of amides is 1. The molecular weight excluding hydrogens is 358 g/mol. The monoisotopic (exact) mass is 383 g/mol. The molecule has 2 aromatic rings. The van der Waals surface area contributed by atoms with Crippen LogP contribution in [0.4, 0.5) is 0 Å². The van der Waals surface area contributed by atoms with E-state index in [0.717, 1.165) is 16.9 Å². The molecule has 0 saturated heterocycles. The molecule has 0 aromatic heterocycles. The Morgan fingerprint density at radius 1 is 1.07 bits per heavy atom. The van der Waals surface area contributed by atoms with Crippen LogP contribution in [-0.4, -0.2) is 44.1 Å². The second-order valence-electron chi connectivity index (χ2n) is 6.00. The number of para-hydroxylation sites is 1. The van der Waals surface area contributed by atoms with E-state index in [1.807, 2.05) is 55.5 Å². The van der Waals surface area contributed by atoms with Crippen molar-refractivity contribution in [1.82, 2.24) is 4.90 Å². The number of carbonyl (C=O) groups is 2. The number of esters is 1. The van der Waals surface area contributed by atoms with E-state index in [0.29, 0.717) is 18.9 Å². The van der Waals surface area contributed by atoms with E-state index >= 15 is 0 Å². The summed E-state index contributed by atoms with van der Waals surface area (Å²) in [6.07, 6.45) is 2.92. The number of carbonyl (C=O) groups excluding carboxylic acids is 2. The molecule has 0 radical (unpaired) electrons. The lowest BCUT2D eigenvalue weighted by Crippen LogP contribution is -2.30. The van der Waals surface area contributed by atoms with E-state index < -0.39 is 5.97 Å². The van der Waals surface area contributed by atoms with Gasteiger partial charge in [-0.3, -0.25) is 4.79 Å². The minimum absolute atomic E-state index is 0.297. The van der Waals surface area contributed by atoms with Gasteiger partial charge in [-0.1, -0.05) is 30.3 Å². The average molecular weight is 383 g/mol. The maximum Gasteiger partial charge on any atom is 0.331 e. The van der Waals surface area contributed by atoms with Gasteiger partial charge in [0.05, 0.1) is 13.7 Å². The lowest BCUT2D eigenvalue weighted by molar-refractivity contribution is -0.147. The van der Waals surface area contributed by atoms with Gasteiger partial charge in [-0.05, 0) is 36.8 Å². The average Bonchev–Trinajstić information content (AvgIpc) is 2.72. The second-order valence-corrected chi connectivity index (χ2v) is 6.00. The third kappa shape index (κ3) is 6.46. The summed E-state index contributed by atoms with van der Waals surface area (Å²) in [5.41, 5.74) is 1.71. The molecule has 2 rings (SSSR count). The summed E-state index contributed by atoms with van der Waals surface area (Å²) in [4.78, 5) is 25.5. The second kappa shape index (κ2) is 10.8. The molecule has 0 heterocycles. The van der Waals surface area contributed by atoms with Gasteiger partial charge in [0, 0.05) is 25.2 Å². The fourth-order valence-electron chi connectivity index (χ4n) is 2.47. The van der Waals surface area contributed by atoms with Crippen LogP contribution < -0.4 is 9.47 Å². The van der Waals surface area contributed by atoms with Gasteiger partial charge in [0.15, 0.2) is 6.61 Å². The van der Waals surface area contributed by atoms with Crippen LogP contribution in [0, 0.1) is 0 Å². The number of benzene rings is 2. The van der Waals surface area contributed by atoms with Gasteiger partial charge >= 0.3 is 5.97 Å².